The van der Waals surface area contributed by atoms with Gasteiger partial charge in [0.15, 0.2) is 0 Å². The monoisotopic (exact) mass is 486 g/mol. The Morgan fingerprint density at radius 3 is 2.62 bits per heavy atom. The zero-order valence-corrected chi connectivity index (χ0v) is 20.3. The molecule has 0 aromatic heterocycles. The van der Waals surface area contributed by atoms with E-state index in [0.29, 0.717) is 32.5 Å². The number of hydrogen-bond acceptors (Lipinski definition) is 5. The third kappa shape index (κ3) is 4.38. The topological polar surface area (TPSA) is 98.2 Å². The molecule has 3 aliphatic rings. The maximum absolute atomic E-state index is 14.1. The van der Waals surface area contributed by atoms with Gasteiger partial charge < -0.3 is 20.0 Å². The number of carbonyl (C=O) groups is 3. The van der Waals surface area contributed by atoms with Gasteiger partial charge in [-0.1, -0.05) is 49.2 Å². The van der Waals surface area contributed by atoms with Crippen LogP contribution in [0.2, 0.25) is 0 Å². The summed E-state index contributed by atoms with van der Waals surface area (Å²) in [5, 5.41) is 18.9. The van der Waals surface area contributed by atoms with E-state index in [1.165, 1.54) is 0 Å². The van der Waals surface area contributed by atoms with Crippen LogP contribution in [-0.4, -0.2) is 73.5 Å². The SMILES string of the molecule is C=CCN(Cc1ccccc1)C(=O)C1N(CCCCCCO)C(=O)[C@@H]2[C@H](C(=O)O)[C@@H]3CCC12S3. The zero-order valence-electron chi connectivity index (χ0n) is 19.5. The van der Waals surface area contributed by atoms with Crippen LogP contribution in [0.5, 0.6) is 0 Å². The Morgan fingerprint density at radius 2 is 1.94 bits per heavy atom. The first-order valence-corrected chi connectivity index (χ1v) is 13.1. The van der Waals surface area contributed by atoms with E-state index in [2.05, 4.69) is 6.58 Å². The maximum Gasteiger partial charge on any atom is 0.308 e. The minimum Gasteiger partial charge on any atom is -0.481 e. The summed E-state index contributed by atoms with van der Waals surface area (Å²) in [7, 11) is 0. The molecule has 2 amide bonds. The summed E-state index contributed by atoms with van der Waals surface area (Å²) in [6, 6.07) is 9.08. The Bertz CT molecular complexity index is 925. The molecule has 1 aromatic carbocycles. The van der Waals surface area contributed by atoms with E-state index in [0.717, 1.165) is 31.2 Å². The summed E-state index contributed by atoms with van der Waals surface area (Å²) in [6.45, 7) is 5.18. The Hall–Kier alpha value is -2.32. The second-order valence-corrected chi connectivity index (χ2v) is 11.2. The van der Waals surface area contributed by atoms with Gasteiger partial charge in [0.25, 0.3) is 0 Å². The summed E-state index contributed by atoms with van der Waals surface area (Å²) < 4.78 is -0.677. The van der Waals surface area contributed by atoms with Gasteiger partial charge >= 0.3 is 5.97 Å². The predicted molar refractivity (Wildman–Crippen MR) is 131 cm³/mol. The van der Waals surface area contributed by atoms with E-state index in [9.17, 15) is 19.5 Å². The van der Waals surface area contributed by atoms with Crippen LogP contribution in [0, 0.1) is 11.8 Å². The van der Waals surface area contributed by atoms with Gasteiger partial charge in [0.05, 0.1) is 16.6 Å². The number of carboxylic acid groups (broad SMARTS) is 1. The molecule has 34 heavy (non-hydrogen) atoms. The largest absolute Gasteiger partial charge is 0.481 e. The second kappa shape index (κ2) is 10.5. The number of carboxylic acids is 1. The minimum atomic E-state index is -0.930. The summed E-state index contributed by atoms with van der Waals surface area (Å²) in [4.78, 5) is 43.4. The number of aliphatic carboxylic acids is 1. The van der Waals surface area contributed by atoms with Crippen molar-refractivity contribution in [1.82, 2.24) is 9.80 Å². The highest BCUT2D eigenvalue weighted by molar-refractivity contribution is 8.02. The highest BCUT2D eigenvalue weighted by atomic mass is 32.2. The van der Waals surface area contributed by atoms with Gasteiger partial charge in [0.2, 0.25) is 11.8 Å². The summed E-state index contributed by atoms with van der Waals surface area (Å²) in [5.41, 5.74) is 0.999. The van der Waals surface area contributed by atoms with Crippen LogP contribution in [0.4, 0.5) is 0 Å². The van der Waals surface area contributed by atoms with Crippen molar-refractivity contribution in [3.63, 3.8) is 0 Å². The number of fused-ring (bicyclic) bond motifs is 1. The van der Waals surface area contributed by atoms with Crippen molar-refractivity contribution in [2.75, 3.05) is 19.7 Å². The normalized spacial score (nSPS) is 29.3. The third-order valence-corrected chi connectivity index (χ3v) is 9.46. The molecule has 1 aromatic rings. The molecule has 5 atom stereocenters. The highest BCUT2D eigenvalue weighted by Crippen LogP contribution is 2.66. The second-order valence-electron chi connectivity index (χ2n) is 9.56. The molecule has 3 aliphatic heterocycles. The minimum absolute atomic E-state index is 0.115. The lowest BCUT2D eigenvalue weighted by atomic mass is 9.71. The number of likely N-dealkylation sites (tertiary alicyclic amines) is 1. The van der Waals surface area contributed by atoms with Crippen molar-refractivity contribution in [1.29, 1.82) is 0 Å². The van der Waals surface area contributed by atoms with Crippen LogP contribution in [0.3, 0.4) is 0 Å². The fourth-order valence-corrected chi connectivity index (χ4v) is 8.27. The number of benzene rings is 1. The lowest BCUT2D eigenvalue weighted by Gasteiger charge is -2.37. The fourth-order valence-electron chi connectivity index (χ4n) is 6.07. The number of nitrogens with zero attached hydrogens (tertiary/aromatic N) is 2. The van der Waals surface area contributed by atoms with E-state index in [-0.39, 0.29) is 23.7 Å². The van der Waals surface area contributed by atoms with E-state index in [4.69, 9.17) is 5.11 Å². The predicted octanol–water partition coefficient (Wildman–Crippen LogP) is 2.93. The Labute approximate surface area is 205 Å². The first-order chi connectivity index (χ1) is 16.4. The summed E-state index contributed by atoms with van der Waals surface area (Å²) in [5.74, 6) is -2.61. The average molecular weight is 487 g/mol. The average Bonchev–Trinajstić information content (AvgIpc) is 3.46. The van der Waals surface area contributed by atoms with E-state index >= 15 is 0 Å². The van der Waals surface area contributed by atoms with Crippen molar-refractivity contribution in [3.8, 4) is 0 Å². The number of thioether (sulfide) groups is 1. The van der Waals surface area contributed by atoms with Crippen molar-refractivity contribution in [3.05, 3.63) is 48.6 Å². The van der Waals surface area contributed by atoms with E-state index in [1.807, 2.05) is 30.3 Å². The van der Waals surface area contributed by atoms with Gasteiger partial charge in [-0.2, -0.15) is 0 Å². The quantitative estimate of drug-likeness (QED) is 0.348. The van der Waals surface area contributed by atoms with E-state index < -0.39 is 28.6 Å². The molecule has 184 valence electrons. The molecule has 3 fully saturated rings. The van der Waals surface area contributed by atoms with Crippen LogP contribution in [0.15, 0.2) is 43.0 Å². The molecule has 1 spiro atoms. The molecule has 3 heterocycles. The summed E-state index contributed by atoms with van der Waals surface area (Å²) >= 11 is 1.57. The molecular weight excluding hydrogens is 452 g/mol. The number of rotatable bonds is 12. The highest BCUT2D eigenvalue weighted by Gasteiger charge is 2.73. The molecule has 2 bridgehead atoms. The molecule has 0 aliphatic carbocycles. The van der Waals surface area contributed by atoms with Gasteiger partial charge in [-0.3, -0.25) is 14.4 Å². The molecule has 8 heteroatoms. The summed E-state index contributed by atoms with van der Waals surface area (Å²) in [6.07, 6.45) is 6.26. The van der Waals surface area contributed by atoms with Gasteiger partial charge in [-0.05, 0) is 31.2 Å². The zero-order chi connectivity index (χ0) is 24.3. The van der Waals surface area contributed by atoms with Crippen molar-refractivity contribution in [2.45, 2.75) is 61.1 Å². The molecule has 2 unspecified atom stereocenters. The molecule has 2 N–H and O–H groups in total. The standard InChI is InChI=1S/C26H34N2O5S/c1-2-14-27(17-18-10-6-5-7-11-18)24(31)22-26-13-12-19(34-26)20(25(32)33)21(26)23(30)28(22)15-8-3-4-9-16-29/h2,5-7,10-11,19-22,29H,1,3-4,8-9,12-17H2,(H,32,33)/t19-,20+,21-,22?,26?/m0/s1. The smallest absolute Gasteiger partial charge is 0.308 e. The number of aliphatic hydroxyl groups excluding tert-OH is 1. The lowest BCUT2D eigenvalue weighted by Crippen LogP contribution is -2.54. The Kier molecular flexibility index (Phi) is 7.67. The first-order valence-electron chi connectivity index (χ1n) is 12.2. The molecule has 3 saturated heterocycles. The molecule has 7 nitrogen and oxygen atoms in total. The number of amides is 2. The van der Waals surface area contributed by atoms with Crippen molar-refractivity contribution >= 4 is 29.5 Å². The number of unbranched alkanes of at least 4 members (excludes halogenated alkanes) is 3. The van der Waals surface area contributed by atoms with Crippen LogP contribution in [0.25, 0.3) is 0 Å². The van der Waals surface area contributed by atoms with Gasteiger partial charge in [-0.15, -0.1) is 18.3 Å². The third-order valence-electron chi connectivity index (χ3n) is 7.50. The van der Waals surface area contributed by atoms with Crippen LogP contribution < -0.4 is 0 Å². The van der Waals surface area contributed by atoms with E-state index in [1.54, 1.807) is 27.6 Å². The van der Waals surface area contributed by atoms with Crippen LogP contribution in [0.1, 0.15) is 44.1 Å². The Balaban J connectivity index is 1.64. The maximum atomic E-state index is 14.1. The van der Waals surface area contributed by atoms with Crippen LogP contribution in [-0.2, 0) is 20.9 Å². The van der Waals surface area contributed by atoms with Crippen molar-refractivity contribution in [2.24, 2.45) is 11.8 Å². The molecule has 0 radical (unpaired) electrons. The molecular formula is C26H34N2O5S. The fraction of sp³-hybridized carbons (Fsp3) is 0.577. The van der Waals surface area contributed by atoms with Gasteiger partial charge in [0, 0.05) is 31.5 Å². The number of hydrogen-bond donors (Lipinski definition) is 2. The first kappa shape index (κ1) is 24.8. The number of carbonyl (C=O) groups excluding carboxylic acids is 2. The molecule has 0 saturated carbocycles. The number of aliphatic hydroxyl groups is 1. The molecule has 4 rings (SSSR count). The van der Waals surface area contributed by atoms with Gasteiger partial charge in [0.1, 0.15) is 6.04 Å². The van der Waals surface area contributed by atoms with Gasteiger partial charge in [-0.25, -0.2) is 0 Å². The van der Waals surface area contributed by atoms with Crippen molar-refractivity contribution < 1.29 is 24.6 Å². The Morgan fingerprint density at radius 1 is 1.21 bits per heavy atom. The lowest BCUT2D eigenvalue weighted by molar-refractivity contribution is -0.148. The van der Waals surface area contributed by atoms with Crippen LogP contribution >= 0.6 is 11.8 Å².